The molecule has 2 aromatic carbocycles. The van der Waals surface area contributed by atoms with Crippen LogP contribution in [0, 0.1) is 36.0 Å². The molecule has 0 spiro atoms. The molecule has 2 fully saturated rings. The van der Waals surface area contributed by atoms with Crippen molar-refractivity contribution in [3.63, 3.8) is 0 Å². The molecule has 2 heterocycles. The number of alkyl halides is 3. The van der Waals surface area contributed by atoms with Crippen molar-refractivity contribution in [1.82, 2.24) is 4.90 Å². The van der Waals surface area contributed by atoms with Gasteiger partial charge in [0.05, 0.1) is 23.1 Å². The molecule has 2 N–H and O–H groups in total. The molecule has 0 unspecified atom stereocenters. The maximum absolute atomic E-state index is 13.4. The number of hydrogen-bond donors (Lipinski definition) is 1. The summed E-state index contributed by atoms with van der Waals surface area (Å²) >= 11 is 0. The third-order valence-corrected chi connectivity index (χ3v) is 7.26. The molecule has 2 aromatic rings. The number of amides is 2. The number of aryl methyl sites for hydroxylation is 1. The molecule has 0 bridgehead atoms. The van der Waals surface area contributed by atoms with Gasteiger partial charge in [-0.25, -0.2) is 0 Å². The summed E-state index contributed by atoms with van der Waals surface area (Å²) in [7, 11) is 0. The molecule has 4 rings (SSSR count). The first-order valence-corrected chi connectivity index (χ1v) is 11.6. The predicted molar refractivity (Wildman–Crippen MR) is 124 cm³/mol. The number of carbonyl (C=O) groups excluding carboxylic acids is 2. The van der Waals surface area contributed by atoms with E-state index in [-0.39, 0.29) is 24.3 Å². The van der Waals surface area contributed by atoms with E-state index in [1.165, 1.54) is 12.1 Å². The van der Waals surface area contributed by atoms with Crippen LogP contribution in [0.15, 0.2) is 42.5 Å². The van der Waals surface area contributed by atoms with Crippen molar-refractivity contribution in [3.8, 4) is 6.07 Å². The summed E-state index contributed by atoms with van der Waals surface area (Å²) in [6.45, 7) is 3.68. The Morgan fingerprint density at radius 2 is 1.71 bits per heavy atom. The second kappa shape index (κ2) is 9.61. The zero-order chi connectivity index (χ0) is 25.3. The summed E-state index contributed by atoms with van der Waals surface area (Å²) in [5.41, 5.74) is 6.40. The summed E-state index contributed by atoms with van der Waals surface area (Å²) in [4.78, 5) is 28.8. The number of carbonyl (C=O) groups is 2. The minimum Gasteiger partial charge on any atom is -0.372 e. The quantitative estimate of drug-likeness (QED) is 0.711. The third-order valence-electron chi connectivity index (χ3n) is 7.26. The number of nitrogens with two attached hydrogens (primary N) is 1. The Bertz CT molecular complexity index is 1150. The Balaban J connectivity index is 1.45. The molecule has 0 aromatic heterocycles. The van der Waals surface area contributed by atoms with Gasteiger partial charge in [-0.3, -0.25) is 9.59 Å². The molecule has 9 heteroatoms. The van der Waals surface area contributed by atoms with Gasteiger partial charge >= 0.3 is 6.18 Å². The standard InChI is InChI=1S/C26H27F3N4O2/c1-16-2-4-18(5-3-16)25(35)33-14-21(22(15-33)24(31)34)17-8-10-32(11-9-17)20-7-6-19(13-30)23(12-20)26(27,28)29/h2-7,12,17,21-22H,8-11,14-15H2,1H3,(H2,31,34)/t21-,22+/m0/s1. The number of halogens is 3. The van der Waals surface area contributed by atoms with Crippen LogP contribution in [0.1, 0.15) is 39.9 Å². The highest BCUT2D eigenvalue weighted by atomic mass is 19.4. The lowest BCUT2D eigenvalue weighted by Gasteiger charge is -2.37. The first kappa shape index (κ1) is 24.6. The number of rotatable bonds is 4. The fourth-order valence-corrected chi connectivity index (χ4v) is 5.30. The zero-order valence-electron chi connectivity index (χ0n) is 19.4. The minimum absolute atomic E-state index is 0.0873. The largest absolute Gasteiger partial charge is 0.417 e. The van der Waals surface area contributed by atoms with Crippen molar-refractivity contribution < 1.29 is 22.8 Å². The van der Waals surface area contributed by atoms with Crippen molar-refractivity contribution in [2.75, 3.05) is 31.1 Å². The molecule has 2 saturated heterocycles. The number of likely N-dealkylation sites (tertiary alicyclic amines) is 1. The number of anilines is 1. The molecule has 2 aliphatic heterocycles. The van der Waals surface area contributed by atoms with Crippen LogP contribution in [0.4, 0.5) is 18.9 Å². The van der Waals surface area contributed by atoms with Crippen LogP contribution in [0.3, 0.4) is 0 Å². The molecular formula is C26H27F3N4O2. The lowest BCUT2D eigenvalue weighted by atomic mass is 9.78. The van der Waals surface area contributed by atoms with Gasteiger partial charge in [0.15, 0.2) is 0 Å². The average molecular weight is 485 g/mol. The van der Waals surface area contributed by atoms with Crippen LogP contribution in [0.5, 0.6) is 0 Å². The SMILES string of the molecule is Cc1ccc(C(=O)N2C[C@@H](C(N)=O)[C@H](C3CCN(c4ccc(C#N)c(C(F)(F)F)c4)CC3)C2)cc1. The maximum atomic E-state index is 13.4. The van der Waals surface area contributed by atoms with Crippen LogP contribution in [-0.2, 0) is 11.0 Å². The number of nitrogens with zero attached hydrogens (tertiary/aromatic N) is 3. The topological polar surface area (TPSA) is 90.4 Å². The highest BCUT2D eigenvalue weighted by Crippen LogP contribution is 2.39. The van der Waals surface area contributed by atoms with Crippen LogP contribution in [-0.4, -0.2) is 42.9 Å². The number of nitriles is 1. The number of primary amides is 1. The van der Waals surface area contributed by atoms with E-state index in [1.54, 1.807) is 23.1 Å². The summed E-state index contributed by atoms with van der Waals surface area (Å²) in [5.74, 6) is -0.976. The van der Waals surface area contributed by atoms with E-state index in [1.807, 2.05) is 24.0 Å². The molecule has 2 atom stereocenters. The van der Waals surface area contributed by atoms with Gasteiger partial charge in [0, 0.05) is 37.4 Å². The second-order valence-electron chi connectivity index (χ2n) is 9.41. The first-order chi connectivity index (χ1) is 16.6. The summed E-state index contributed by atoms with van der Waals surface area (Å²) in [6, 6.07) is 12.7. The summed E-state index contributed by atoms with van der Waals surface area (Å²) in [5, 5.41) is 9.02. The van der Waals surface area contributed by atoms with Crippen LogP contribution >= 0.6 is 0 Å². The lowest BCUT2D eigenvalue weighted by molar-refractivity contribution is -0.137. The fourth-order valence-electron chi connectivity index (χ4n) is 5.30. The Hall–Kier alpha value is -3.54. The molecule has 6 nitrogen and oxygen atoms in total. The lowest BCUT2D eigenvalue weighted by Crippen LogP contribution is -2.40. The van der Waals surface area contributed by atoms with E-state index < -0.39 is 29.1 Å². The van der Waals surface area contributed by atoms with Gasteiger partial charge < -0.3 is 15.5 Å². The van der Waals surface area contributed by atoms with E-state index >= 15 is 0 Å². The molecule has 35 heavy (non-hydrogen) atoms. The molecule has 0 saturated carbocycles. The zero-order valence-corrected chi connectivity index (χ0v) is 19.4. The van der Waals surface area contributed by atoms with Crippen molar-refractivity contribution >= 4 is 17.5 Å². The Morgan fingerprint density at radius 3 is 2.29 bits per heavy atom. The fraction of sp³-hybridized carbons (Fsp3) is 0.423. The van der Waals surface area contributed by atoms with Gasteiger partial charge in [-0.05, 0) is 61.9 Å². The minimum atomic E-state index is -4.61. The van der Waals surface area contributed by atoms with Crippen molar-refractivity contribution in [2.24, 2.45) is 23.5 Å². The smallest absolute Gasteiger partial charge is 0.372 e. The van der Waals surface area contributed by atoms with Gasteiger partial charge in [0.25, 0.3) is 5.91 Å². The number of hydrogen-bond acceptors (Lipinski definition) is 4. The summed E-state index contributed by atoms with van der Waals surface area (Å²) < 4.78 is 40.1. The van der Waals surface area contributed by atoms with E-state index in [4.69, 9.17) is 11.0 Å². The maximum Gasteiger partial charge on any atom is 0.417 e. The Morgan fingerprint density at radius 1 is 1.06 bits per heavy atom. The Kier molecular flexibility index (Phi) is 6.75. The molecule has 0 aliphatic carbocycles. The predicted octanol–water partition coefficient (Wildman–Crippen LogP) is 3.98. The van der Waals surface area contributed by atoms with Gasteiger partial charge in [-0.1, -0.05) is 17.7 Å². The van der Waals surface area contributed by atoms with E-state index in [9.17, 15) is 22.8 Å². The average Bonchev–Trinajstić information content (AvgIpc) is 3.29. The van der Waals surface area contributed by atoms with E-state index in [0.29, 0.717) is 43.7 Å². The monoisotopic (exact) mass is 484 g/mol. The van der Waals surface area contributed by atoms with E-state index in [0.717, 1.165) is 11.6 Å². The Labute approximate surface area is 202 Å². The van der Waals surface area contributed by atoms with Crippen molar-refractivity contribution in [3.05, 3.63) is 64.7 Å². The van der Waals surface area contributed by atoms with Gasteiger partial charge in [-0.15, -0.1) is 0 Å². The van der Waals surface area contributed by atoms with E-state index in [2.05, 4.69) is 0 Å². The van der Waals surface area contributed by atoms with Crippen LogP contribution in [0.25, 0.3) is 0 Å². The summed E-state index contributed by atoms with van der Waals surface area (Å²) in [6.07, 6.45) is -3.27. The molecule has 0 radical (unpaired) electrons. The van der Waals surface area contributed by atoms with Gasteiger partial charge in [0.2, 0.25) is 5.91 Å². The van der Waals surface area contributed by atoms with Gasteiger partial charge in [-0.2, -0.15) is 18.4 Å². The van der Waals surface area contributed by atoms with Crippen molar-refractivity contribution in [1.29, 1.82) is 5.26 Å². The third kappa shape index (κ3) is 5.11. The van der Waals surface area contributed by atoms with Crippen LogP contribution in [0.2, 0.25) is 0 Å². The number of benzene rings is 2. The second-order valence-corrected chi connectivity index (χ2v) is 9.41. The highest BCUT2D eigenvalue weighted by molar-refractivity contribution is 5.95. The molecule has 2 aliphatic rings. The molecular weight excluding hydrogens is 457 g/mol. The molecule has 2 amide bonds. The van der Waals surface area contributed by atoms with Crippen molar-refractivity contribution in [2.45, 2.75) is 25.9 Å². The normalized spacial score (nSPS) is 21.1. The highest BCUT2D eigenvalue weighted by Gasteiger charge is 2.43. The molecule has 184 valence electrons. The van der Waals surface area contributed by atoms with Gasteiger partial charge in [0.1, 0.15) is 0 Å². The number of piperidine rings is 1. The first-order valence-electron chi connectivity index (χ1n) is 11.6. The van der Waals surface area contributed by atoms with Crippen LogP contribution < -0.4 is 10.6 Å².